The molecule has 0 N–H and O–H groups in total. The highest BCUT2D eigenvalue weighted by Crippen LogP contribution is 2.24. The fourth-order valence-electron chi connectivity index (χ4n) is 1.93. The Balaban J connectivity index is 2.38. The molecular weight excluding hydrogens is 264 g/mol. The van der Waals surface area contributed by atoms with Crippen molar-refractivity contribution < 1.29 is 9.63 Å². The molecular formula is C17H14N2O2. The van der Waals surface area contributed by atoms with Crippen LogP contribution >= 0.6 is 0 Å². The minimum Gasteiger partial charge on any atom is -0.318 e. The van der Waals surface area contributed by atoms with Gasteiger partial charge in [0, 0.05) is 6.92 Å². The maximum atomic E-state index is 10.8. The fraction of sp³-hybridized carbons (Fsp3) is 0.118. The molecule has 1 aromatic carbocycles. The molecule has 21 heavy (non-hydrogen) atoms. The molecule has 0 saturated heterocycles. The second kappa shape index (κ2) is 6.49. The van der Waals surface area contributed by atoms with Gasteiger partial charge in [-0.05, 0) is 35.8 Å². The summed E-state index contributed by atoms with van der Waals surface area (Å²) in [6.45, 7) is 3.15. The van der Waals surface area contributed by atoms with Crippen molar-refractivity contribution in [2.45, 2.75) is 13.8 Å². The summed E-state index contributed by atoms with van der Waals surface area (Å²) in [5.74, 6) is -0.466. The molecule has 0 radical (unpaired) electrons. The van der Waals surface area contributed by atoms with Gasteiger partial charge in [-0.1, -0.05) is 41.6 Å². The van der Waals surface area contributed by atoms with Crippen LogP contribution in [0.2, 0.25) is 0 Å². The molecule has 0 saturated carbocycles. The summed E-state index contributed by atoms with van der Waals surface area (Å²) in [5, 5.41) is 13.2. The predicted octanol–water partition coefficient (Wildman–Crippen LogP) is 3.40. The molecule has 0 spiro atoms. The van der Waals surface area contributed by atoms with E-state index in [1.807, 2.05) is 43.3 Å². The average Bonchev–Trinajstić information content (AvgIpc) is 2.48. The van der Waals surface area contributed by atoms with Gasteiger partial charge in [0.2, 0.25) is 0 Å². The normalized spacial score (nSPS) is 18.0. The van der Waals surface area contributed by atoms with E-state index >= 15 is 0 Å². The number of oxime groups is 1. The van der Waals surface area contributed by atoms with E-state index in [0.29, 0.717) is 11.3 Å². The molecule has 1 aliphatic carbocycles. The minimum absolute atomic E-state index is 0.466. The number of nitrogens with zero attached hydrogens (tertiary/aromatic N) is 2. The summed E-state index contributed by atoms with van der Waals surface area (Å²) in [7, 11) is 0. The zero-order valence-electron chi connectivity index (χ0n) is 11.8. The molecule has 0 aliphatic heterocycles. The van der Waals surface area contributed by atoms with Gasteiger partial charge in [0.25, 0.3) is 0 Å². The first-order valence-corrected chi connectivity index (χ1v) is 6.44. The highest BCUT2D eigenvalue weighted by Gasteiger charge is 2.11. The zero-order valence-corrected chi connectivity index (χ0v) is 11.8. The van der Waals surface area contributed by atoms with Crippen molar-refractivity contribution >= 4 is 17.3 Å². The maximum absolute atomic E-state index is 10.8. The van der Waals surface area contributed by atoms with Crippen molar-refractivity contribution in [3.63, 3.8) is 0 Å². The van der Waals surface area contributed by atoms with E-state index in [4.69, 9.17) is 0 Å². The summed E-state index contributed by atoms with van der Waals surface area (Å²) < 4.78 is 0. The molecule has 4 heteroatoms. The number of carbonyl (C=O) groups is 1. The lowest BCUT2D eigenvalue weighted by Crippen LogP contribution is -2.04. The Morgan fingerprint density at radius 1 is 1.24 bits per heavy atom. The lowest BCUT2D eigenvalue weighted by molar-refractivity contribution is -0.140. The van der Waals surface area contributed by atoms with Crippen LogP contribution in [-0.4, -0.2) is 11.7 Å². The topological polar surface area (TPSA) is 62.4 Å². The molecule has 0 heterocycles. The van der Waals surface area contributed by atoms with Gasteiger partial charge in [0.15, 0.2) is 0 Å². The van der Waals surface area contributed by atoms with Crippen LogP contribution in [0.5, 0.6) is 0 Å². The Bertz CT molecular complexity index is 717. The molecule has 0 amide bonds. The largest absolute Gasteiger partial charge is 0.332 e. The van der Waals surface area contributed by atoms with Crippen LogP contribution in [0.25, 0.3) is 5.57 Å². The van der Waals surface area contributed by atoms with Crippen molar-refractivity contribution in [2.75, 3.05) is 0 Å². The van der Waals surface area contributed by atoms with Crippen LogP contribution in [0, 0.1) is 11.3 Å². The van der Waals surface area contributed by atoms with E-state index in [9.17, 15) is 10.1 Å². The summed E-state index contributed by atoms with van der Waals surface area (Å²) in [4.78, 5) is 15.4. The second-order valence-corrected chi connectivity index (χ2v) is 4.53. The van der Waals surface area contributed by atoms with E-state index < -0.39 is 5.97 Å². The zero-order chi connectivity index (χ0) is 15.2. The van der Waals surface area contributed by atoms with Gasteiger partial charge in [0.1, 0.15) is 11.8 Å². The Hall–Kier alpha value is -2.93. The third-order valence-corrected chi connectivity index (χ3v) is 2.93. The first-order chi connectivity index (χ1) is 10.1. The molecule has 0 aromatic heterocycles. The third kappa shape index (κ3) is 3.54. The van der Waals surface area contributed by atoms with Gasteiger partial charge in [-0.2, -0.15) is 5.26 Å². The summed E-state index contributed by atoms with van der Waals surface area (Å²) >= 11 is 0. The molecule has 1 aromatic rings. The van der Waals surface area contributed by atoms with Crippen LogP contribution in [0.3, 0.4) is 0 Å². The number of benzene rings is 1. The molecule has 0 atom stereocenters. The average molecular weight is 278 g/mol. The minimum atomic E-state index is -0.466. The second-order valence-electron chi connectivity index (χ2n) is 4.53. The van der Waals surface area contributed by atoms with Crippen molar-refractivity contribution in [1.29, 1.82) is 5.26 Å². The summed E-state index contributed by atoms with van der Waals surface area (Å²) in [6.07, 6.45) is 5.38. The highest BCUT2D eigenvalue weighted by molar-refractivity contribution is 6.10. The first-order valence-electron chi connectivity index (χ1n) is 6.44. The summed E-state index contributed by atoms with van der Waals surface area (Å²) in [5.41, 5.74) is 3.67. The molecule has 104 valence electrons. The molecule has 0 unspecified atom stereocenters. The summed E-state index contributed by atoms with van der Waals surface area (Å²) in [6, 6.07) is 11.7. The standard InChI is InChI=1S/C17H14N2O2/c1-12-10-15(8-9-17(12)19-21-13(2)20)16(11-18)14-6-4-3-5-7-14/h3-10H,1-2H3/b16-15-,19-17-. The van der Waals surface area contributed by atoms with E-state index in [0.717, 1.165) is 16.7 Å². The predicted molar refractivity (Wildman–Crippen MR) is 81.1 cm³/mol. The van der Waals surface area contributed by atoms with E-state index in [1.165, 1.54) is 6.92 Å². The lowest BCUT2D eigenvalue weighted by Gasteiger charge is -2.10. The van der Waals surface area contributed by atoms with E-state index in [2.05, 4.69) is 16.1 Å². The highest BCUT2D eigenvalue weighted by atomic mass is 16.7. The first kappa shape index (κ1) is 14.5. The number of rotatable bonds is 2. The van der Waals surface area contributed by atoms with E-state index in [1.54, 1.807) is 12.2 Å². The van der Waals surface area contributed by atoms with Crippen LogP contribution in [-0.2, 0) is 9.63 Å². The number of hydrogen-bond donors (Lipinski definition) is 0. The Morgan fingerprint density at radius 3 is 2.52 bits per heavy atom. The Kier molecular flexibility index (Phi) is 4.47. The van der Waals surface area contributed by atoms with Crippen molar-refractivity contribution in [2.24, 2.45) is 5.16 Å². The molecule has 1 aliphatic rings. The van der Waals surface area contributed by atoms with Gasteiger partial charge >= 0.3 is 5.97 Å². The van der Waals surface area contributed by atoms with Gasteiger partial charge in [-0.25, -0.2) is 4.79 Å². The number of hydrogen-bond acceptors (Lipinski definition) is 4. The lowest BCUT2D eigenvalue weighted by atomic mass is 9.94. The molecule has 0 bridgehead atoms. The van der Waals surface area contributed by atoms with Crippen LogP contribution in [0.1, 0.15) is 19.4 Å². The molecule has 4 nitrogen and oxygen atoms in total. The number of nitriles is 1. The van der Waals surface area contributed by atoms with Crippen LogP contribution < -0.4 is 0 Å². The van der Waals surface area contributed by atoms with Gasteiger partial charge in [-0.15, -0.1) is 0 Å². The van der Waals surface area contributed by atoms with Crippen molar-refractivity contribution in [3.05, 3.63) is 65.3 Å². The maximum Gasteiger partial charge on any atom is 0.332 e. The Morgan fingerprint density at radius 2 is 1.95 bits per heavy atom. The van der Waals surface area contributed by atoms with Crippen molar-refractivity contribution in [1.82, 2.24) is 0 Å². The quantitative estimate of drug-likeness (QED) is 0.473. The monoisotopic (exact) mass is 278 g/mol. The smallest absolute Gasteiger partial charge is 0.318 e. The van der Waals surface area contributed by atoms with Crippen LogP contribution in [0.15, 0.2) is 64.9 Å². The third-order valence-electron chi connectivity index (χ3n) is 2.93. The van der Waals surface area contributed by atoms with Crippen LogP contribution in [0.4, 0.5) is 0 Å². The SMILES string of the molecule is CC(=O)O/N=C1C=C/C(=C(\C#N)c2ccccc2)C=C/1C. The Labute approximate surface area is 123 Å². The number of carbonyl (C=O) groups excluding carboxylic acids is 1. The van der Waals surface area contributed by atoms with Gasteiger partial charge < -0.3 is 4.84 Å². The molecule has 0 fully saturated rings. The van der Waals surface area contributed by atoms with Crippen molar-refractivity contribution in [3.8, 4) is 6.07 Å². The van der Waals surface area contributed by atoms with E-state index in [-0.39, 0.29) is 0 Å². The van der Waals surface area contributed by atoms with Gasteiger partial charge in [-0.3, -0.25) is 0 Å². The molecule has 2 rings (SSSR count). The fourth-order valence-corrected chi connectivity index (χ4v) is 1.93. The van der Waals surface area contributed by atoms with Gasteiger partial charge in [0.05, 0.1) is 5.57 Å². The number of allylic oxidation sites excluding steroid dienone is 6.